The molecule has 0 aromatic heterocycles. The highest BCUT2D eigenvalue weighted by Crippen LogP contribution is 2.12. The highest BCUT2D eigenvalue weighted by molar-refractivity contribution is 4.70. The van der Waals surface area contributed by atoms with E-state index in [1.807, 2.05) is 13.8 Å². The van der Waals surface area contributed by atoms with Crippen LogP contribution in [0.1, 0.15) is 40.0 Å². The summed E-state index contributed by atoms with van der Waals surface area (Å²) < 4.78 is 0. The summed E-state index contributed by atoms with van der Waals surface area (Å²) in [4.78, 5) is 1.51. The molecule has 4 N–H and O–H groups in total. The lowest BCUT2D eigenvalue weighted by Crippen LogP contribution is -2.58. The summed E-state index contributed by atoms with van der Waals surface area (Å²) >= 11 is 0. The van der Waals surface area contributed by atoms with Crippen molar-refractivity contribution in [1.82, 2.24) is 4.90 Å². The molecule has 0 saturated carbocycles. The molecule has 4 nitrogen and oxygen atoms in total. The van der Waals surface area contributed by atoms with E-state index in [-0.39, 0.29) is 0 Å². The van der Waals surface area contributed by atoms with Gasteiger partial charge >= 0.3 is 0 Å². The Bertz CT molecular complexity index is 134. The van der Waals surface area contributed by atoms with E-state index in [1.165, 1.54) is 11.8 Å². The maximum Gasteiger partial charge on any atom is 0.170 e. The molecule has 0 heterocycles. The zero-order valence-corrected chi connectivity index (χ0v) is 8.82. The van der Waals surface area contributed by atoms with Crippen molar-refractivity contribution >= 4 is 0 Å². The predicted octanol–water partition coefficient (Wildman–Crippen LogP) is 0.442. The molecule has 0 spiro atoms. The SMILES string of the molecule is CCCC(O)N(CCC)C(C)(N)O. The molecular formula is C9H22N2O2. The lowest BCUT2D eigenvalue weighted by molar-refractivity contribution is -0.165. The van der Waals surface area contributed by atoms with E-state index in [0.717, 1.165) is 12.8 Å². The van der Waals surface area contributed by atoms with Crippen LogP contribution >= 0.6 is 0 Å². The Hall–Kier alpha value is -0.160. The van der Waals surface area contributed by atoms with Gasteiger partial charge < -0.3 is 10.2 Å². The van der Waals surface area contributed by atoms with Gasteiger partial charge in [-0.3, -0.25) is 5.73 Å². The molecule has 2 atom stereocenters. The molecule has 0 aromatic carbocycles. The van der Waals surface area contributed by atoms with E-state index in [2.05, 4.69) is 0 Å². The van der Waals surface area contributed by atoms with Crippen LogP contribution in [0.2, 0.25) is 0 Å². The fourth-order valence-corrected chi connectivity index (χ4v) is 1.33. The molecule has 0 radical (unpaired) electrons. The van der Waals surface area contributed by atoms with E-state index >= 15 is 0 Å². The second kappa shape index (κ2) is 5.54. The number of aliphatic hydroxyl groups excluding tert-OH is 1. The first kappa shape index (κ1) is 12.8. The van der Waals surface area contributed by atoms with Crippen molar-refractivity contribution in [2.24, 2.45) is 5.73 Å². The number of rotatable bonds is 6. The molecule has 80 valence electrons. The average Bonchev–Trinajstić information content (AvgIpc) is 1.98. The Morgan fingerprint density at radius 3 is 2.23 bits per heavy atom. The van der Waals surface area contributed by atoms with Crippen LogP contribution in [0.3, 0.4) is 0 Å². The Labute approximate surface area is 80.3 Å². The van der Waals surface area contributed by atoms with Gasteiger partial charge in [0.2, 0.25) is 0 Å². The lowest BCUT2D eigenvalue weighted by atomic mass is 10.2. The number of nitrogens with zero attached hydrogens (tertiary/aromatic N) is 1. The summed E-state index contributed by atoms with van der Waals surface area (Å²) in [6.07, 6.45) is 1.71. The van der Waals surface area contributed by atoms with Crippen molar-refractivity contribution in [2.75, 3.05) is 6.54 Å². The summed E-state index contributed by atoms with van der Waals surface area (Å²) in [5.74, 6) is -1.43. The lowest BCUT2D eigenvalue weighted by Gasteiger charge is -2.36. The molecule has 0 fully saturated rings. The topological polar surface area (TPSA) is 69.7 Å². The standard InChI is InChI=1S/C9H22N2O2/c1-4-6-8(12)11(7-5-2)9(3,10)13/h8,12-13H,4-7,10H2,1-3H3. The highest BCUT2D eigenvalue weighted by Gasteiger charge is 2.28. The summed E-state index contributed by atoms with van der Waals surface area (Å²) in [7, 11) is 0. The first-order valence-electron chi connectivity index (χ1n) is 4.89. The molecule has 13 heavy (non-hydrogen) atoms. The van der Waals surface area contributed by atoms with Crippen LogP contribution in [0.5, 0.6) is 0 Å². The Morgan fingerprint density at radius 2 is 1.92 bits per heavy atom. The monoisotopic (exact) mass is 190 g/mol. The van der Waals surface area contributed by atoms with Crippen LogP contribution in [0.25, 0.3) is 0 Å². The van der Waals surface area contributed by atoms with Crippen molar-refractivity contribution in [3.05, 3.63) is 0 Å². The first-order chi connectivity index (χ1) is 5.93. The van der Waals surface area contributed by atoms with Crippen LogP contribution in [0.15, 0.2) is 0 Å². The van der Waals surface area contributed by atoms with Gasteiger partial charge in [0.05, 0.1) is 0 Å². The maximum atomic E-state index is 9.66. The first-order valence-corrected chi connectivity index (χ1v) is 4.89. The minimum atomic E-state index is -1.43. The minimum absolute atomic E-state index is 0.602. The van der Waals surface area contributed by atoms with Gasteiger partial charge in [-0.1, -0.05) is 20.3 Å². The Balaban J connectivity index is 4.23. The normalized spacial score (nSPS) is 18.7. The summed E-state index contributed by atoms with van der Waals surface area (Å²) in [6.45, 7) is 6.06. The van der Waals surface area contributed by atoms with Crippen molar-refractivity contribution in [1.29, 1.82) is 0 Å². The van der Waals surface area contributed by atoms with Crippen molar-refractivity contribution < 1.29 is 10.2 Å². The zero-order chi connectivity index (χ0) is 10.5. The van der Waals surface area contributed by atoms with Crippen molar-refractivity contribution in [3.8, 4) is 0 Å². The summed E-state index contributed by atoms with van der Waals surface area (Å²) in [5, 5.41) is 19.2. The Kier molecular flexibility index (Phi) is 5.48. The zero-order valence-electron chi connectivity index (χ0n) is 8.82. The summed E-state index contributed by atoms with van der Waals surface area (Å²) in [5.41, 5.74) is 5.52. The van der Waals surface area contributed by atoms with Crippen LogP contribution < -0.4 is 5.73 Å². The largest absolute Gasteiger partial charge is 0.378 e. The van der Waals surface area contributed by atoms with Crippen molar-refractivity contribution in [2.45, 2.75) is 52.1 Å². The fraction of sp³-hybridized carbons (Fsp3) is 1.00. The quantitative estimate of drug-likeness (QED) is 0.532. The van der Waals surface area contributed by atoms with Gasteiger partial charge in [0.25, 0.3) is 0 Å². The second-order valence-electron chi connectivity index (χ2n) is 3.56. The molecule has 4 heteroatoms. The van der Waals surface area contributed by atoms with E-state index in [0.29, 0.717) is 13.0 Å². The highest BCUT2D eigenvalue weighted by atomic mass is 16.3. The van der Waals surface area contributed by atoms with Gasteiger partial charge in [-0.05, 0) is 19.8 Å². The third kappa shape index (κ3) is 4.57. The predicted molar refractivity (Wildman–Crippen MR) is 52.7 cm³/mol. The van der Waals surface area contributed by atoms with Gasteiger partial charge in [0, 0.05) is 6.54 Å². The molecule has 0 aliphatic carbocycles. The molecule has 0 aliphatic heterocycles. The van der Waals surface area contributed by atoms with Crippen molar-refractivity contribution in [3.63, 3.8) is 0 Å². The molecule has 0 bridgehead atoms. The third-order valence-corrected chi connectivity index (χ3v) is 1.95. The summed E-state index contributed by atoms with van der Waals surface area (Å²) in [6, 6.07) is 0. The Morgan fingerprint density at radius 1 is 1.38 bits per heavy atom. The van der Waals surface area contributed by atoms with E-state index < -0.39 is 12.1 Å². The molecule has 0 rings (SSSR count). The van der Waals surface area contributed by atoms with E-state index in [1.54, 1.807) is 0 Å². The van der Waals surface area contributed by atoms with Crippen LogP contribution in [0, 0.1) is 0 Å². The molecule has 0 saturated heterocycles. The van der Waals surface area contributed by atoms with E-state index in [4.69, 9.17) is 5.73 Å². The molecule has 2 unspecified atom stereocenters. The van der Waals surface area contributed by atoms with Gasteiger partial charge in [0.1, 0.15) is 6.23 Å². The number of hydrogen-bond acceptors (Lipinski definition) is 4. The molecule has 0 amide bonds. The van der Waals surface area contributed by atoms with Gasteiger partial charge in [-0.2, -0.15) is 0 Å². The third-order valence-electron chi connectivity index (χ3n) is 1.95. The van der Waals surface area contributed by atoms with Crippen LogP contribution in [-0.4, -0.2) is 33.7 Å². The van der Waals surface area contributed by atoms with Gasteiger partial charge in [-0.15, -0.1) is 0 Å². The second-order valence-corrected chi connectivity index (χ2v) is 3.56. The molecular weight excluding hydrogens is 168 g/mol. The number of aliphatic hydroxyl groups is 2. The fourth-order valence-electron chi connectivity index (χ4n) is 1.33. The molecule has 0 aliphatic rings. The van der Waals surface area contributed by atoms with Gasteiger partial charge in [-0.25, -0.2) is 4.90 Å². The van der Waals surface area contributed by atoms with Crippen LogP contribution in [-0.2, 0) is 0 Å². The smallest absolute Gasteiger partial charge is 0.170 e. The van der Waals surface area contributed by atoms with Crippen LogP contribution in [0.4, 0.5) is 0 Å². The van der Waals surface area contributed by atoms with E-state index in [9.17, 15) is 10.2 Å². The molecule has 0 aromatic rings. The minimum Gasteiger partial charge on any atom is -0.378 e. The number of hydrogen-bond donors (Lipinski definition) is 3. The average molecular weight is 190 g/mol. The maximum absolute atomic E-state index is 9.66. The number of nitrogens with two attached hydrogens (primary N) is 1. The van der Waals surface area contributed by atoms with Gasteiger partial charge in [0.15, 0.2) is 5.85 Å².